The van der Waals surface area contributed by atoms with E-state index >= 15 is 0 Å². The van der Waals surface area contributed by atoms with E-state index in [4.69, 9.17) is 41.2 Å². The molecule has 0 bridgehead atoms. The van der Waals surface area contributed by atoms with E-state index in [1.165, 1.54) is 92.2 Å². The van der Waals surface area contributed by atoms with Crippen LogP contribution in [0, 0.1) is 46.3 Å². The third-order valence-electron chi connectivity index (χ3n) is 24.5. The van der Waals surface area contributed by atoms with E-state index in [1.54, 1.807) is 11.1 Å². The molecule has 0 amide bonds. The van der Waals surface area contributed by atoms with Crippen LogP contribution < -0.4 is 0 Å². The van der Waals surface area contributed by atoms with Crippen molar-refractivity contribution in [2.45, 2.75) is 311 Å². The first kappa shape index (κ1) is 66.8. The van der Waals surface area contributed by atoms with Crippen LogP contribution in [0.25, 0.3) is 0 Å². The van der Waals surface area contributed by atoms with Crippen molar-refractivity contribution in [1.82, 2.24) is 15.0 Å². The molecule has 0 aliphatic heterocycles. The number of rotatable bonds is 16. The van der Waals surface area contributed by atoms with Gasteiger partial charge < -0.3 is 17.7 Å². The Balaban J connectivity index is 1.01. The summed E-state index contributed by atoms with van der Waals surface area (Å²) in [5.74, 6) is 3.64. The molecule has 0 saturated heterocycles. The van der Waals surface area contributed by atoms with Crippen molar-refractivity contribution in [1.29, 1.82) is 0 Å². The number of nitrogens with zero attached hydrogens (tertiary/aromatic N) is 3. The largest absolute Gasteiger partial charge is 0.413 e. The maximum absolute atomic E-state index is 7.21. The molecular formula is C70H123N3O4Si4. The van der Waals surface area contributed by atoms with Gasteiger partial charge in [-0.25, -0.2) is 0 Å². The van der Waals surface area contributed by atoms with Gasteiger partial charge in [-0.1, -0.05) is 165 Å². The van der Waals surface area contributed by atoms with E-state index in [2.05, 4.69) is 198 Å². The van der Waals surface area contributed by atoms with Crippen molar-refractivity contribution in [2.24, 2.45) is 46.3 Å². The smallest absolute Gasteiger partial charge is 0.192 e. The van der Waals surface area contributed by atoms with E-state index in [1.807, 2.05) is 0 Å². The van der Waals surface area contributed by atoms with Crippen LogP contribution in [0.15, 0.2) is 77.1 Å². The van der Waals surface area contributed by atoms with Gasteiger partial charge in [0.2, 0.25) is 0 Å². The van der Waals surface area contributed by atoms with Gasteiger partial charge in [-0.15, -0.1) is 5.10 Å². The Kier molecular flexibility index (Phi) is 19.9. The second-order valence-electron chi connectivity index (χ2n) is 34.3. The predicted molar refractivity (Wildman–Crippen MR) is 356 cm³/mol. The van der Waals surface area contributed by atoms with Crippen LogP contribution in [0.5, 0.6) is 0 Å². The Morgan fingerprint density at radius 1 is 0.568 bits per heavy atom. The summed E-state index contributed by atoms with van der Waals surface area (Å²) in [5.41, 5.74) is 10.1. The average molecular weight is 1180 g/mol. The normalized spacial score (nSPS) is 33.4. The lowest BCUT2D eigenvalue weighted by atomic mass is 9.60. The molecule has 11 heteroatoms. The second-order valence-corrected chi connectivity index (χ2v) is 53.3. The van der Waals surface area contributed by atoms with E-state index in [0.29, 0.717) is 40.9 Å². The highest BCUT2D eigenvalue weighted by Gasteiger charge is 2.53. The Labute approximate surface area is 502 Å². The summed E-state index contributed by atoms with van der Waals surface area (Å²) in [6, 6.07) is 0. The van der Waals surface area contributed by atoms with E-state index in [0.717, 1.165) is 38.6 Å². The highest BCUT2D eigenvalue weighted by molar-refractivity contribution is 6.75. The van der Waals surface area contributed by atoms with Crippen molar-refractivity contribution in [3.05, 3.63) is 82.8 Å². The van der Waals surface area contributed by atoms with Crippen LogP contribution in [0.4, 0.5) is 0 Å². The maximum atomic E-state index is 7.21. The molecule has 1 aromatic heterocycles. The molecule has 1 heterocycles. The number of aromatic nitrogens is 3. The Bertz CT molecular complexity index is 2370. The second kappa shape index (κ2) is 24.1. The fourth-order valence-electron chi connectivity index (χ4n) is 15.4. The van der Waals surface area contributed by atoms with Gasteiger partial charge in [-0.05, 0) is 225 Å². The zero-order chi connectivity index (χ0) is 60.5. The lowest BCUT2D eigenvalue weighted by Gasteiger charge is -2.46. The summed E-state index contributed by atoms with van der Waals surface area (Å²) in [6.45, 7) is 68.2. The van der Waals surface area contributed by atoms with Gasteiger partial charge in [0.15, 0.2) is 33.3 Å². The summed E-state index contributed by atoms with van der Waals surface area (Å²) in [7, 11) is -8.03. The SMILES string of the molecule is C=C1/C(=C\C=C2/CCC[C@]3(C)[C@@H]([C@H](C)Cc4cn(C[C@@H](C)[C@H]5CC[C@H]6/C(=C/C=C7/C[C@@H](O[Si](C)(C)C(C)(C)C)C[C@H](O[Si](C)(C)C(C)(C)C)C7=C)CCC[C@]56C)nn4)CC[C@@H]23)C[C@@H](O[Si](C)(C)C(C)(C)C)C[C@@H]1O[Si](C)(C)C(C)(C)C. The van der Waals surface area contributed by atoms with Crippen LogP contribution in [0.2, 0.25) is 72.5 Å². The summed E-state index contributed by atoms with van der Waals surface area (Å²) < 4.78 is 31.0. The van der Waals surface area contributed by atoms with Gasteiger partial charge >= 0.3 is 0 Å². The van der Waals surface area contributed by atoms with Gasteiger partial charge in [0.05, 0.1) is 30.1 Å². The molecule has 0 aromatic carbocycles. The molecule has 6 aliphatic rings. The van der Waals surface area contributed by atoms with Crippen LogP contribution in [-0.4, -0.2) is 72.7 Å². The van der Waals surface area contributed by atoms with Crippen molar-refractivity contribution in [3.8, 4) is 0 Å². The van der Waals surface area contributed by atoms with Gasteiger partial charge in [-0.3, -0.25) is 4.68 Å². The van der Waals surface area contributed by atoms with Gasteiger partial charge in [0.25, 0.3) is 0 Å². The molecule has 0 spiro atoms. The molecule has 6 fully saturated rings. The molecule has 458 valence electrons. The zero-order valence-corrected chi connectivity index (χ0v) is 60.9. The molecule has 6 saturated carbocycles. The van der Waals surface area contributed by atoms with Gasteiger partial charge in [-0.2, -0.15) is 0 Å². The monoisotopic (exact) mass is 1180 g/mol. The number of hydrogen-bond donors (Lipinski definition) is 0. The lowest BCUT2D eigenvalue weighted by molar-refractivity contribution is 0.0890. The van der Waals surface area contributed by atoms with Crippen molar-refractivity contribution >= 4 is 33.3 Å². The Hall–Kier alpha value is -1.71. The minimum Gasteiger partial charge on any atom is -0.413 e. The van der Waals surface area contributed by atoms with Crippen molar-refractivity contribution < 1.29 is 17.7 Å². The van der Waals surface area contributed by atoms with Gasteiger partial charge in [0.1, 0.15) is 0 Å². The van der Waals surface area contributed by atoms with Crippen molar-refractivity contribution in [3.63, 3.8) is 0 Å². The van der Waals surface area contributed by atoms with Gasteiger partial charge in [0, 0.05) is 25.6 Å². The predicted octanol–water partition coefficient (Wildman–Crippen LogP) is 20.5. The highest BCUT2D eigenvalue weighted by atomic mass is 28.4. The molecule has 1 aromatic rings. The highest BCUT2D eigenvalue weighted by Crippen LogP contribution is 2.61. The zero-order valence-electron chi connectivity index (χ0n) is 56.9. The molecule has 0 unspecified atom stereocenters. The Morgan fingerprint density at radius 3 is 1.32 bits per heavy atom. The lowest BCUT2D eigenvalue weighted by Crippen LogP contribution is -2.49. The van der Waals surface area contributed by atoms with E-state index in [-0.39, 0.29) is 50.0 Å². The third kappa shape index (κ3) is 14.5. The maximum Gasteiger partial charge on any atom is 0.192 e. The van der Waals surface area contributed by atoms with Crippen LogP contribution >= 0.6 is 0 Å². The number of allylic oxidation sites excluding steroid dienone is 6. The van der Waals surface area contributed by atoms with Crippen LogP contribution in [0.1, 0.15) is 206 Å². The molecule has 7 rings (SSSR count). The topological polar surface area (TPSA) is 67.6 Å². The molecule has 12 atom stereocenters. The summed E-state index contributed by atoms with van der Waals surface area (Å²) in [4.78, 5) is 0. The third-order valence-corrected chi connectivity index (χ3v) is 42.6. The molecule has 0 N–H and O–H groups in total. The molecule has 6 aliphatic carbocycles. The summed E-state index contributed by atoms with van der Waals surface area (Å²) in [6.07, 6.45) is 30.0. The van der Waals surface area contributed by atoms with Crippen LogP contribution in [-0.2, 0) is 30.7 Å². The van der Waals surface area contributed by atoms with E-state index in [9.17, 15) is 0 Å². The fraction of sp³-hybridized carbons (Fsp3) is 0.800. The fourth-order valence-corrected chi connectivity index (χ4v) is 20.7. The standard InChI is InChI=1S/C70H123N3O4Si4/c1-48(59-35-37-61-52(29-27-39-69(59,61)17)31-33-54-42-57(74-78(19,20)65(5,6)7)44-63(50(54)3)76-80(23,24)67(11,12)13)41-56-47-73(72-71-56)46-49(2)60-36-38-62-53(30-28-40-70(60,62)18)32-34-55-43-58(75-79(21,22)66(8,9)10)45-64(51(55)4)77-81(25,26)68(14,15)16/h31-34,47-49,57-64H,3-4,27-30,35-46H2,1-2,5-26H3/b52-31+,53-32+,54-33-,55-34-/t48-,49-,57-,58-,59-,60-,61+,62+,63+,64+,69-,70-/m1/s1. The summed E-state index contributed by atoms with van der Waals surface area (Å²) in [5, 5.41) is 10.4. The van der Waals surface area contributed by atoms with Crippen LogP contribution in [0.3, 0.4) is 0 Å². The van der Waals surface area contributed by atoms with Crippen molar-refractivity contribution in [2.75, 3.05) is 0 Å². The first-order valence-electron chi connectivity index (χ1n) is 32.8. The number of hydrogen-bond acceptors (Lipinski definition) is 6. The summed E-state index contributed by atoms with van der Waals surface area (Å²) >= 11 is 0. The first-order chi connectivity index (χ1) is 37.0. The first-order valence-corrected chi connectivity index (χ1v) is 44.4. The minimum absolute atomic E-state index is 0.00111. The molecule has 0 radical (unpaired) electrons. The quantitative estimate of drug-likeness (QED) is 0.154. The average Bonchev–Trinajstić information content (AvgIpc) is 4.28. The number of fused-ring (bicyclic) bond motifs is 2. The molecule has 7 nitrogen and oxygen atoms in total. The van der Waals surface area contributed by atoms with E-state index < -0.39 is 33.3 Å². The molecule has 81 heavy (non-hydrogen) atoms. The Morgan fingerprint density at radius 2 is 0.938 bits per heavy atom. The molecular weight excluding hydrogens is 1060 g/mol. The minimum atomic E-state index is -2.03.